The highest BCUT2D eigenvalue weighted by molar-refractivity contribution is 7.93. The first-order valence-electron chi connectivity index (χ1n) is 8.10. The highest BCUT2D eigenvalue weighted by Crippen LogP contribution is 2.21. The average Bonchev–Trinajstić information content (AvgIpc) is 3.19. The van der Waals surface area contributed by atoms with Gasteiger partial charge in [-0.1, -0.05) is 12.1 Å². The highest BCUT2D eigenvalue weighted by Gasteiger charge is 2.15. The molecule has 0 aliphatic rings. The Morgan fingerprint density at radius 2 is 1.86 bits per heavy atom. The minimum absolute atomic E-state index is 0.0150. The Morgan fingerprint density at radius 3 is 2.52 bits per heavy atom. The average molecular weight is 430 g/mol. The molecule has 1 aromatic heterocycles. The van der Waals surface area contributed by atoms with E-state index in [9.17, 15) is 23.3 Å². The van der Waals surface area contributed by atoms with Crippen molar-refractivity contribution in [3.05, 3.63) is 81.9 Å². The van der Waals surface area contributed by atoms with E-state index in [0.717, 1.165) is 17.4 Å². The van der Waals surface area contributed by atoms with Crippen LogP contribution in [0.15, 0.2) is 71.1 Å². The summed E-state index contributed by atoms with van der Waals surface area (Å²) in [4.78, 5) is 26.4. The lowest BCUT2D eigenvalue weighted by Crippen LogP contribution is -2.13. The zero-order chi connectivity index (χ0) is 20.9. The molecule has 2 aromatic carbocycles. The summed E-state index contributed by atoms with van der Waals surface area (Å²) in [5, 5.41) is 15.4. The van der Waals surface area contributed by atoms with Crippen molar-refractivity contribution in [3.63, 3.8) is 0 Å². The smallest absolute Gasteiger partial charge is 0.276 e. The van der Waals surface area contributed by atoms with Crippen LogP contribution < -0.4 is 10.0 Å². The molecule has 1 amide bonds. The van der Waals surface area contributed by atoms with E-state index in [1.54, 1.807) is 11.4 Å². The molecule has 0 atom stereocenters. The van der Waals surface area contributed by atoms with E-state index in [0.29, 0.717) is 11.3 Å². The molecule has 148 valence electrons. The van der Waals surface area contributed by atoms with E-state index in [1.807, 2.05) is 0 Å². The number of hydrogen-bond acceptors (Lipinski definition) is 7. The molecule has 3 aromatic rings. The van der Waals surface area contributed by atoms with Crippen LogP contribution in [-0.2, 0) is 14.8 Å². The summed E-state index contributed by atoms with van der Waals surface area (Å²) in [5.41, 5.74) is 0.552. The monoisotopic (exact) mass is 430 g/mol. The van der Waals surface area contributed by atoms with Gasteiger partial charge in [-0.3, -0.25) is 19.6 Å². The van der Waals surface area contributed by atoms with E-state index >= 15 is 0 Å². The number of aromatic nitrogens is 1. The SMILES string of the molecule is O=C(C=Cc1ccccc1[N+](=O)[O-])Nc1ccc(S(=O)(=O)Nc2nccs2)cc1. The number of nitrogens with zero attached hydrogens (tertiary/aromatic N) is 2. The zero-order valence-electron chi connectivity index (χ0n) is 14.7. The first-order chi connectivity index (χ1) is 13.8. The molecular weight excluding hydrogens is 416 g/mol. The fraction of sp³-hybridized carbons (Fsp3) is 0. The predicted octanol–water partition coefficient (Wildman–Crippen LogP) is 3.50. The van der Waals surface area contributed by atoms with E-state index in [4.69, 9.17) is 0 Å². The standard InChI is InChI=1S/C18H14N4O5S2/c23-17(10-5-13-3-1-2-4-16(13)22(24)25)20-14-6-8-15(9-7-14)29(26,27)21-18-19-11-12-28-18/h1-12H,(H,19,21)(H,20,23). The molecule has 0 radical (unpaired) electrons. The number of carbonyl (C=O) groups excluding carboxylic acids is 1. The number of nitro groups is 1. The number of thiazole rings is 1. The van der Waals surface area contributed by atoms with E-state index < -0.39 is 20.9 Å². The molecule has 29 heavy (non-hydrogen) atoms. The van der Waals surface area contributed by atoms with E-state index in [2.05, 4.69) is 15.0 Å². The number of amides is 1. The lowest BCUT2D eigenvalue weighted by Gasteiger charge is -2.07. The fourth-order valence-corrected chi connectivity index (χ4v) is 4.10. The summed E-state index contributed by atoms with van der Waals surface area (Å²) >= 11 is 1.15. The maximum atomic E-state index is 12.3. The molecule has 0 saturated heterocycles. The third-order valence-corrected chi connectivity index (χ3v) is 5.81. The van der Waals surface area contributed by atoms with Crippen molar-refractivity contribution in [2.45, 2.75) is 4.90 Å². The van der Waals surface area contributed by atoms with Gasteiger partial charge in [0.1, 0.15) is 0 Å². The van der Waals surface area contributed by atoms with Crippen molar-refractivity contribution in [1.29, 1.82) is 0 Å². The van der Waals surface area contributed by atoms with Crippen LogP contribution in [-0.4, -0.2) is 24.2 Å². The number of carbonyl (C=O) groups is 1. The Kier molecular flexibility index (Phi) is 6.00. The molecule has 0 aliphatic heterocycles. The normalized spacial score (nSPS) is 11.3. The summed E-state index contributed by atoms with van der Waals surface area (Å²) in [6.45, 7) is 0. The molecular formula is C18H14N4O5S2. The summed E-state index contributed by atoms with van der Waals surface area (Å²) in [6.07, 6.45) is 3.99. The number of benzene rings is 2. The second kappa shape index (κ2) is 8.63. The number of nitro benzene ring substituents is 1. The minimum Gasteiger partial charge on any atom is -0.323 e. The van der Waals surface area contributed by atoms with Gasteiger partial charge in [-0.05, 0) is 36.4 Å². The Bertz CT molecular complexity index is 1160. The summed E-state index contributed by atoms with van der Waals surface area (Å²) in [7, 11) is -3.78. The Hall–Kier alpha value is -3.57. The largest absolute Gasteiger partial charge is 0.323 e. The van der Waals surface area contributed by atoms with Crippen LogP contribution in [0.2, 0.25) is 0 Å². The van der Waals surface area contributed by atoms with Gasteiger partial charge in [-0.25, -0.2) is 13.4 Å². The maximum absolute atomic E-state index is 12.3. The van der Waals surface area contributed by atoms with Gasteiger partial charge in [0.2, 0.25) is 5.91 Å². The van der Waals surface area contributed by atoms with Crippen molar-refractivity contribution in [1.82, 2.24) is 4.98 Å². The Labute approximate surface area is 169 Å². The third kappa shape index (κ3) is 5.24. The molecule has 9 nitrogen and oxygen atoms in total. The summed E-state index contributed by atoms with van der Waals surface area (Å²) in [5.74, 6) is -0.514. The first-order valence-corrected chi connectivity index (χ1v) is 10.5. The highest BCUT2D eigenvalue weighted by atomic mass is 32.2. The molecule has 0 aliphatic carbocycles. The molecule has 3 rings (SSSR count). The number of nitrogens with one attached hydrogen (secondary N) is 2. The van der Waals surface area contributed by atoms with Gasteiger partial charge in [-0.15, -0.1) is 11.3 Å². The van der Waals surface area contributed by atoms with E-state index in [1.165, 1.54) is 54.7 Å². The third-order valence-electron chi connectivity index (χ3n) is 3.63. The van der Waals surface area contributed by atoms with Crippen LogP contribution in [0.3, 0.4) is 0 Å². The van der Waals surface area contributed by atoms with Crippen molar-refractivity contribution in [3.8, 4) is 0 Å². The number of anilines is 2. The van der Waals surface area contributed by atoms with Crippen LogP contribution in [0.25, 0.3) is 6.08 Å². The quantitative estimate of drug-likeness (QED) is 0.335. The Balaban J connectivity index is 1.67. The van der Waals surface area contributed by atoms with Crippen molar-refractivity contribution < 1.29 is 18.1 Å². The molecule has 2 N–H and O–H groups in total. The second-order valence-corrected chi connectivity index (χ2v) is 8.18. The van der Waals surface area contributed by atoms with Crippen molar-refractivity contribution in [2.75, 3.05) is 10.0 Å². The topological polar surface area (TPSA) is 131 Å². The first kappa shape index (κ1) is 20.2. The van der Waals surface area contributed by atoms with Crippen LogP contribution in [0.5, 0.6) is 0 Å². The molecule has 0 bridgehead atoms. The van der Waals surface area contributed by atoms with Crippen LogP contribution in [0.4, 0.5) is 16.5 Å². The van der Waals surface area contributed by atoms with Gasteiger partial charge >= 0.3 is 0 Å². The van der Waals surface area contributed by atoms with Crippen LogP contribution in [0, 0.1) is 10.1 Å². The van der Waals surface area contributed by atoms with Gasteiger partial charge in [0.05, 0.1) is 15.4 Å². The van der Waals surface area contributed by atoms with Gasteiger partial charge in [-0.2, -0.15) is 0 Å². The van der Waals surface area contributed by atoms with Crippen molar-refractivity contribution >= 4 is 49.8 Å². The minimum atomic E-state index is -3.78. The number of para-hydroxylation sites is 1. The number of sulfonamides is 1. The molecule has 0 unspecified atom stereocenters. The van der Waals surface area contributed by atoms with Gasteiger partial charge in [0.25, 0.3) is 15.7 Å². The predicted molar refractivity (Wildman–Crippen MR) is 110 cm³/mol. The van der Waals surface area contributed by atoms with Crippen LogP contribution >= 0.6 is 11.3 Å². The lowest BCUT2D eigenvalue weighted by atomic mass is 10.1. The molecule has 11 heteroatoms. The summed E-state index contributed by atoms with van der Waals surface area (Å²) in [6, 6.07) is 11.6. The molecule has 0 saturated carbocycles. The van der Waals surface area contributed by atoms with Gasteiger partial charge < -0.3 is 5.32 Å². The van der Waals surface area contributed by atoms with Gasteiger partial charge in [0.15, 0.2) is 5.13 Å². The lowest BCUT2D eigenvalue weighted by molar-refractivity contribution is -0.385. The second-order valence-electron chi connectivity index (χ2n) is 5.61. The Morgan fingerprint density at radius 1 is 1.14 bits per heavy atom. The van der Waals surface area contributed by atoms with E-state index in [-0.39, 0.29) is 15.7 Å². The summed E-state index contributed by atoms with van der Waals surface area (Å²) < 4.78 is 26.9. The number of rotatable bonds is 7. The molecule has 0 fully saturated rings. The van der Waals surface area contributed by atoms with Gasteiger partial charge in [0, 0.05) is 29.4 Å². The maximum Gasteiger partial charge on any atom is 0.276 e. The molecule has 1 heterocycles. The zero-order valence-corrected chi connectivity index (χ0v) is 16.3. The van der Waals surface area contributed by atoms with Crippen molar-refractivity contribution in [2.24, 2.45) is 0 Å². The fourth-order valence-electron chi connectivity index (χ4n) is 2.31. The number of hydrogen-bond donors (Lipinski definition) is 2. The molecule has 0 spiro atoms. The van der Waals surface area contributed by atoms with Crippen LogP contribution in [0.1, 0.15) is 5.56 Å².